The first-order chi connectivity index (χ1) is 9.15. The number of hydrogen-bond acceptors (Lipinski definition) is 2. The molecule has 1 N–H and O–H groups in total. The van der Waals surface area contributed by atoms with Crippen molar-refractivity contribution < 1.29 is 0 Å². The molecule has 104 valence electrons. The van der Waals surface area contributed by atoms with Crippen molar-refractivity contribution in [2.45, 2.75) is 50.1 Å². The van der Waals surface area contributed by atoms with Crippen LogP contribution in [-0.2, 0) is 5.54 Å². The lowest BCUT2D eigenvalue weighted by molar-refractivity contribution is 0.00399. The maximum atomic E-state index is 3.86. The highest BCUT2D eigenvalue weighted by Gasteiger charge is 2.44. The van der Waals surface area contributed by atoms with Gasteiger partial charge in [0.15, 0.2) is 0 Å². The van der Waals surface area contributed by atoms with Crippen molar-refractivity contribution in [2.75, 3.05) is 20.1 Å². The molecule has 1 spiro atoms. The van der Waals surface area contributed by atoms with Crippen LogP contribution >= 0.6 is 0 Å². The van der Waals surface area contributed by atoms with Gasteiger partial charge < -0.3 is 5.32 Å². The summed E-state index contributed by atoms with van der Waals surface area (Å²) in [5.74, 6) is 0. The summed E-state index contributed by atoms with van der Waals surface area (Å²) in [7, 11) is 2.33. The van der Waals surface area contributed by atoms with Crippen LogP contribution in [0, 0.1) is 0 Å². The molecule has 19 heavy (non-hydrogen) atoms. The third-order valence-corrected chi connectivity index (χ3v) is 5.37. The maximum Gasteiger partial charge on any atom is 0.0535 e. The number of nitrogens with one attached hydrogen (secondary N) is 1. The average molecular weight is 258 g/mol. The Bertz CT molecular complexity index is 422. The molecule has 0 aromatic heterocycles. The van der Waals surface area contributed by atoms with Gasteiger partial charge in [0.1, 0.15) is 0 Å². The minimum absolute atomic E-state index is 0.0959. The topological polar surface area (TPSA) is 15.3 Å². The lowest BCUT2D eigenvalue weighted by atomic mass is 9.76. The summed E-state index contributed by atoms with van der Waals surface area (Å²) in [6.45, 7) is 4.58. The first kappa shape index (κ1) is 13.1. The molecule has 1 aromatic rings. The molecule has 1 saturated heterocycles. The number of benzene rings is 1. The molecular weight excluding hydrogens is 232 g/mol. The molecule has 0 bridgehead atoms. The molecule has 2 heteroatoms. The molecule has 1 aliphatic heterocycles. The predicted molar refractivity (Wildman–Crippen MR) is 80.2 cm³/mol. The second-order valence-corrected chi connectivity index (χ2v) is 6.69. The summed E-state index contributed by atoms with van der Waals surface area (Å²) in [5, 5.41) is 3.86. The van der Waals surface area contributed by atoms with Crippen LogP contribution in [0.25, 0.3) is 0 Å². The second-order valence-electron chi connectivity index (χ2n) is 6.69. The molecule has 3 rings (SSSR count). The highest BCUT2D eigenvalue weighted by atomic mass is 15.3. The van der Waals surface area contributed by atoms with E-state index in [1.807, 2.05) is 0 Å². The monoisotopic (exact) mass is 258 g/mol. The van der Waals surface area contributed by atoms with Crippen molar-refractivity contribution >= 4 is 0 Å². The van der Waals surface area contributed by atoms with E-state index in [2.05, 4.69) is 54.5 Å². The van der Waals surface area contributed by atoms with Crippen LogP contribution in [0.5, 0.6) is 0 Å². The smallest absolute Gasteiger partial charge is 0.0535 e. The Morgan fingerprint density at radius 1 is 1.05 bits per heavy atom. The Morgan fingerprint density at radius 2 is 1.74 bits per heavy atom. The Balaban J connectivity index is 1.80. The summed E-state index contributed by atoms with van der Waals surface area (Å²) in [5.41, 5.74) is 1.93. The second kappa shape index (κ2) is 4.92. The van der Waals surface area contributed by atoms with E-state index >= 15 is 0 Å². The minimum atomic E-state index is 0.0959. The Morgan fingerprint density at radius 3 is 2.37 bits per heavy atom. The molecule has 1 aromatic carbocycles. The summed E-state index contributed by atoms with van der Waals surface area (Å²) in [6.07, 6.45) is 6.94. The molecule has 1 heterocycles. The summed E-state index contributed by atoms with van der Waals surface area (Å²) in [4.78, 5) is 2.63. The number of rotatable bonds is 1. The first-order valence-corrected chi connectivity index (χ1v) is 7.67. The van der Waals surface area contributed by atoms with Gasteiger partial charge in [-0.2, -0.15) is 0 Å². The maximum absolute atomic E-state index is 3.86. The zero-order valence-corrected chi connectivity index (χ0v) is 12.3. The molecule has 1 saturated carbocycles. The Kier molecular flexibility index (Phi) is 3.40. The largest absolute Gasteiger partial charge is 0.305 e. The van der Waals surface area contributed by atoms with Crippen LogP contribution in [-0.4, -0.2) is 30.6 Å². The lowest BCUT2D eigenvalue weighted by Gasteiger charge is -2.54. The quantitative estimate of drug-likeness (QED) is 0.832. The standard InChI is InChI=1S/C17H26N2/c1-16(15-9-5-3-6-10-15)14-19(2)17(13-18-16)11-7-4-8-12-17/h3,5-6,9-10,18H,4,7-8,11-14H2,1-2H3. The van der Waals surface area contributed by atoms with Gasteiger partial charge in [0, 0.05) is 18.6 Å². The van der Waals surface area contributed by atoms with E-state index in [9.17, 15) is 0 Å². The normalized spacial score (nSPS) is 31.5. The van der Waals surface area contributed by atoms with Gasteiger partial charge in [-0.25, -0.2) is 0 Å². The van der Waals surface area contributed by atoms with Gasteiger partial charge in [0.05, 0.1) is 5.54 Å². The molecule has 2 aliphatic rings. The van der Waals surface area contributed by atoms with E-state index in [1.54, 1.807) is 0 Å². The molecule has 1 atom stereocenters. The fourth-order valence-corrected chi connectivity index (χ4v) is 3.96. The number of hydrogen-bond donors (Lipinski definition) is 1. The van der Waals surface area contributed by atoms with Crippen molar-refractivity contribution in [2.24, 2.45) is 0 Å². The Hall–Kier alpha value is -0.860. The van der Waals surface area contributed by atoms with Gasteiger partial charge in [0.2, 0.25) is 0 Å². The van der Waals surface area contributed by atoms with Crippen LogP contribution in [0.15, 0.2) is 30.3 Å². The average Bonchev–Trinajstić information content (AvgIpc) is 2.46. The van der Waals surface area contributed by atoms with Crippen LogP contribution in [0.4, 0.5) is 0 Å². The van der Waals surface area contributed by atoms with Crippen LogP contribution < -0.4 is 5.32 Å². The van der Waals surface area contributed by atoms with E-state index < -0.39 is 0 Å². The SMILES string of the molecule is CN1CC(C)(c2ccccc2)NCC12CCCCC2. The summed E-state index contributed by atoms with van der Waals surface area (Å²) in [6, 6.07) is 10.9. The zero-order chi connectivity index (χ0) is 13.3. The van der Waals surface area contributed by atoms with Crippen molar-refractivity contribution in [3.05, 3.63) is 35.9 Å². The van der Waals surface area contributed by atoms with Crippen LogP contribution in [0.1, 0.15) is 44.6 Å². The van der Waals surface area contributed by atoms with Crippen LogP contribution in [0.3, 0.4) is 0 Å². The third-order valence-electron chi connectivity index (χ3n) is 5.37. The van der Waals surface area contributed by atoms with E-state index in [0.717, 1.165) is 13.1 Å². The minimum Gasteiger partial charge on any atom is -0.305 e. The molecule has 1 unspecified atom stereocenters. The molecule has 2 nitrogen and oxygen atoms in total. The van der Waals surface area contributed by atoms with Gasteiger partial charge in [0.25, 0.3) is 0 Å². The molecule has 2 fully saturated rings. The molecular formula is C17H26N2. The van der Waals surface area contributed by atoms with E-state index in [1.165, 1.54) is 37.7 Å². The molecule has 0 amide bonds. The van der Waals surface area contributed by atoms with Crippen LogP contribution in [0.2, 0.25) is 0 Å². The lowest BCUT2D eigenvalue weighted by Crippen LogP contribution is -2.67. The fourth-order valence-electron chi connectivity index (χ4n) is 3.96. The van der Waals surface area contributed by atoms with Crippen molar-refractivity contribution in [1.82, 2.24) is 10.2 Å². The van der Waals surface area contributed by atoms with Gasteiger partial charge >= 0.3 is 0 Å². The predicted octanol–water partition coefficient (Wildman–Crippen LogP) is 3.14. The number of nitrogens with zero attached hydrogens (tertiary/aromatic N) is 1. The third kappa shape index (κ3) is 2.32. The summed E-state index contributed by atoms with van der Waals surface area (Å²) >= 11 is 0. The van der Waals surface area contributed by atoms with Gasteiger partial charge in [-0.1, -0.05) is 49.6 Å². The summed E-state index contributed by atoms with van der Waals surface area (Å²) < 4.78 is 0. The van der Waals surface area contributed by atoms with Gasteiger partial charge in [-0.15, -0.1) is 0 Å². The Labute approximate surface area is 117 Å². The van der Waals surface area contributed by atoms with E-state index in [-0.39, 0.29) is 5.54 Å². The zero-order valence-electron chi connectivity index (χ0n) is 12.3. The number of likely N-dealkylation sites (N-methyl/N-ethyl adjacent to an activating group) is 1. The van der Waals surface area contributed by atoms with E-state index in [4.69, 9.17) is 0 Å². The molecule has 1 aliphatic carbocycles. The van der Waals surface area contributed by atoms with Crippen molar-refractivity contribution in [3.63, 3.8) is 0 Å². The van der Waals surface area contributed by atoms with Gasteiger partial charge in [-0.05, 0) is 32.4 Å². The molecule has 0 radical (unpaired) electrons. The highest BCUT2D eigenvalue weighted by Crippen LogP contribution is 2.38. The van der Waals surface area contributed by atoms with Gasteiger partial charge in [-0.3, -0.25) is 4.90 Å². The highest BCUT2D eigenvalue weighted by molar-refractivity contribution is 5.26. The van der Waals surface area contributed by atoms with Crippen molar-refractivity contribution in [1.29, 1.82) is 0 Å². The van der Waals surface area contributed by atoms with Crippen molar-refractivity contribution in [3.8, 4) is 0 Å². The van der Waals surface area contributed by atoms with E-state index in [0.29, 0.717) is 5.54 Å². The first-order valence-electron chi connectivity index (χ1n) is 7.67. The number of piperazine rings is 1. The fraction of sp³-hybridized carbons (Fsp3) is 0.647.